The molecule has 5 heteroatoms. The van der Waals surface area contributed by atoms with Gasteiger partial charge in [-0.2, -0.15) is 0 Å². The van der Waals surface area contributed by atoms with E-state index < -0.39 is 0 Å². The minimum atomic E-state index is 0.0886. The van der Waals surface area contributed by atoms with Crippen molar-refractivity contribution in [3.8, 4) is 0 Å². The molecule has 1 aromatic carbocycles. The van der Waals surface area contributed by atoms with E-state index in [1.165, 1.54) is 0 Å². The molecule has 1 aromatic rings. The molecule has 0 saturated carbocycles. The number of nitrogens with one attached hydrogen (secondary N) is 1. The molecule has 1 N–H and O–H groups in total. The molecule has 0 bridgehead atoms. The normalized spacial score (nSPS) is 23.0. The molecule has 1 aliphatic carbocycles. The van der Waals surface area contributed by atoms with Crippen LogP contribution < -0.4 is 5.32 Å². The Labute approximate surface area is 148 Å². The predicted molar refractivity (Wildman–Crippen MR) is 96.1 cm³/mol. The van der Waals surface area contributed by atoms with Crippen LogP contribution in [0.5, 0.6) is 0 Å². The first-order chi connectivity index (χ1) is 11.8. The molecule has 130 valence electrons. The van der Waals surface area contributed by atoms with Crippen LogP contribution in [0, 0.1) is 5.92 Å². The van der Waals surface area contributed by atoms with Gasteiger partial charge in [0.15, 0.2) is 0 Å². The molecule has 1 aliphatic heterocycles. The number of morpholine rings is 1. The van der Waals surface area contributed by atoms with Crippen LogP contribution in [0.4, 0.5) is 0 Å². The van der Waals surface area contributed by atoms with E-state index in [2.05, 4.69) is 28.4 Å². The summed E-state index contributed by atoms with van der Waals surface area (Å²) in [4.78, 5) is 14.8. The van der Waals surface area contributed by atoms with Crippen LogP contribution in [0.25, 0.3) is 0 Å². The monoisotopic (exact) mass is 348 g/mol. The molecule has 1 heterocycles. The molecule has 0 aromatic heterocycles. The molecule has 3 rings (SSSR count). The summed E-state index contributed by atoms with van der Waals surface area (Å²) in [6.07, 6.45) is 7.05. The van der Waals surface area contributed by atoms with Gasteiger partial charge in [-0.3, -0.25) is 9.69 Å². The summed E-state index contributed by atoms with van der Waals surface area (Å²) in [5.41, 5.74) is 1.07. The zero-order valence-corrected chi connectivity index (χ0v) is 14.7. The molecule has 0 spiro atoms. The van der Waals surface area contributed by atoms with E-state index in [1.807, 2.05) is 18.2 Å². The van der Waals surface area contributed by atoms with Crippen LogP contribution in [0.15, 0.2) is 36.4 Å². The lowest BCUT2D eigenvalue weighted by Crippen LogP contribution is -2.44. The summed E-state index contributed by atoms with van der Waals surface area (Å²) >= 11 is 6.42. The van der Waals surface area contributed by atoms with Gasteiger partial charge in [-0.25, -0.2) is 0 Å². The Morgan fingerprint density at radius 3 is 2.79 bits per heavy atom. The maximum Gasteiger partial charge on any atom is 0.223 e. The van der Waals surface area contributed by atoms with Gasteiger partial charge in [0.2, 0.25) is 5.91 Å². The van der Waals surface area contributed by atoms with Crippen molar-refractivity contribution in [1.82, 2.24) is 10.2 Å². The highest BCUT2D eigenvalue weighted by Gasteiger charge is 2.26. The molecule has 1 fully saturated rings. The van der Waals surface area contributed by atoms with Crippen LogP contribution >= 0.6 is 11.6 Å². The van der Waals surface area contributed by atoms with Gasteiger partial charge in [-0.05, 0) is 30.9 Å². The predicted octanol–water partition coefficient (Wildman–Crippen LogP) is 3.19. The largest absolute Gasteiger partial charge is 0.379 e. The first kappa shape index (κ1) is 17.5. The Bertz CT molecular complexity index is 584. The lowest BCUT2D eigenvalue weighted by molar-refractivity contribution is -0.125. The minimum Gasteiger partial charge on any atom is -0.379 e. The lowest BCUT2D eigenvalue weighted by atomic mass is 9.93. The number of ether oxygens (including phenoxy) is 1. The van der Waals surface area contributed by atoms with Crippen molar-refractivity contribution in [1.29, 1.82) is 0 Å². The van der Waals surface area contributed by atoms with Crippen LogP contribution in [-0.2, 0) is 9.53 Å². The zero-order chi connectivity index (χ0) is 16.8. The SMILES string of the molecule is O=C(NCC(c1ccccc1Cl)N1CCOCC1)C1CC=CCC1. The molecule has 2 atom stereocenters. The Hall–Kier alpha value is -1.36. The van der Waals surface area contributed by atoms with Crippen molar-refractivity contribution < 1.29 is 9.53 Å². The molecule has 0 radical (unpaired) electrons. The number of hydrogen-bond donors (Lipinski definition) is 1. The van der Waals surface area contributed by atoms with Crippen molar-refractivity contribution in [2.75, 3.05) is 32.8 Å². The van der Waals surface area contributed by atoms with Crippen LogP contribution in [0.1, 0.15) is 30.9 Å². The van der Waals surface area contributed by atoms with Crippen molar-refractivity contribution >= 4 is 17.5 Å². The van der Waals surface area contributed by atoms with Gasteiger partial charge in [0.25, 0.3) is 0 Å². The Kier molecular flexibility index (Phi) is 6.30. The second kappa shape index (κ2) is 8.65. The highest BCUT2D eigenvalue weighted by molar-refractivity contribution is 6.31. The second-order valence-electron chi connectivity index (χ2n) is 6.41. The number of benzene rings is 1. The molecule has 2 aliphatic rings. The third kappa shape index (κ3) is 4.38. The number of rotatable bonds is 5. The van der Waals surface area contributed by atoms with E-state index in [0.29, 0.717) is 6.54 Å². The highest BCUT2D eigenvalue weighted by Crippen LogP contribution is 2.28. The number of carbonyl (C=O) groups excluding carboxylic acids is 1. The van der Waals surface area contributed by atoms with Crippen LogP contribution in [0.3, 0.4) is 0 Å². The summed E-state index contributed by atoms with van der Waals surface area (Å²) in [5, 5.41) is 3.92. The van der Waals surface area contributed by atoms with E-state index in [4.69, 9.17) is 16.3 Å². The van der Waals surface area contributed by atoms with Crippen molar-refractivity contribution in [2.24, 2.45) is 5.92 Å². The Balaban J connectivity index is 1.69. The van der Waals surface area contributed by atoms with Gasteiger partial charge in [0.05, 0.1) is 19.3 Å². The molecule has 1 amide bonds. The summed E-state index contributed by atoms with van der Waals surface area (Å²) in [7, 11) is 0. The maximum absolute atomic E-state index is 12.5. The number of hydrogen-bond acceptors (Lipinski definition) is 3. The number of carbonyl (C=O) groups is 1. The van der Waals surface area contributed by atoms with Gasteiger partial charge in [-0.15, -0.1) is 0 Å². The summed E-state index contributed by atoms with van der Waals surface area (Å²) in [6, 6.07) is 8.00. The fraction of sp³-hybridized carbons (Fsp3) is 0.526. The average Bonchev–Trinajstić information content (AvgIpc) is 2.65. The number of nitrogens with zero attached hydrogens (tertiary/aromatic N) is 1. The van der Waals surface area contributed by atoms with E-state index in [-0.39, 0.29) is 17.9 Å². The van der Waals surface area contributed by atoms with E-state index >= 15 is 0 Å². The third-order valence-electron chi connectivity index (χ3n) is 4.86. The maximum atomic E-state index is 12.5. The van der Waals surface area contributed by atoms with Crippen molar-refractivity contribution in [2.45, 2.75) is 25.3 Å². The fourth-order valence-corrected chi connectivity index (χ4v) is 3.71. The summed E-state index contributed by atoms with van der Waals surface area (Å²) < 4.78 is 5.47. The second-order valence-corrected chi connectivity index (χ2v) is 6.82. The zero-order valence-electron chi connectivity index (χ0n) is 13.9. The van der Waals surface area contributed by atoms with Gasteiger partial charge in [0.1, 0.15) is 0 Å². The van der Waals surface area contributed by atoms with Gasteiger partial charge in [-0.1, -0.05) is 42.0 Å². The summed E-state index contributed by atoms with van der Waals surface area (Å²) in [5.74, 6) is 0.260. The van der Waals surface area contributed by atoms with Crippen LogP contribution in [-0.4, -0.2) is 43.7 Å². The van der Waals surface area contributed by atoms with Crippen molar-refractivity contribution in [3.63, 3.8) is 0 Å². The first-order valence-electron chi connectivity index (χ1n) is 8.74. The molecule has 4 nitrogen and oxygen atoms in total. The molecule has 24 heavy (non-hydrogen) atoms. The van der Waals surface area contributed by atoms with E-state index in [0.717, 1.165) is 56.2 Å². The topological polar surface area (TPSA) is 41.6 Å². The van der Waals surface area contributed by atoms with Gasteiger partial charge < -0.3 is 10.1 Å². The average molecular weight is 349 g/mol. The van der Waals surface area contributed by atoms with Gasteiger partial charge in [0, 0.05) is 30.6 Å². The van der Waals surface area contributed by atoms with Crippen LogP contribution in [0.2, 0.25) is 5.02 Å². The van der Waals surface area contributed by atoms with E-state index in [1.54, 1.807) is 0 Å². The molecular weight excluding hydrogens is 324 g/mol. The first-order valence-corrected chi connectivity index (χ1v) is 9.12. The smallest absolute Gasteiger partial charge is 0.223 e. The number of halogens is 1. The minimum absolute atomic E-state index is 0.0886. The fourth-order valence-electron chi connectivity index (χ4n) is 3.44. The van der Waals surface area contributed by atoms with Gasteiger partial charge >= 0.3 is 0 Å². The lowest BCUT2D eigenvalue weighted by Gasteiger charge is -2.35. The number of allylic oxidation sites excluding steroid dienone is 2. The summed E-state index contributed by atoms with van der Waals surface area (Å²) in [6.45, 7) is 3.75. The Morgan fingerprint density at radius 2 is 2.08 bits per heavy atom. The third-order valence-corrected chi connectivity index (χ3v) is 5.20. The standard InChI is InChI=1S/C19H25ClN2O2/c20-17-9-5-4-8-16(17)18(22-10-12-24-13-11-22)14-21-19(23)15-6-2-1-3-7-15/h1-2,4-5,8-9,15,18H,3,6-7,10-14H2,(H,21,23). The quantitative estimate of drug-likeness (QED) is 0.831. The molecular formula is C19H25ClN2O2. The highest BCUT2D eigenvalue weighted by atomic mass is 35.5. The van der Waals surface area contributed by atoms with E-state index in [9.17, 15) is 4.79 Å². The van der Waals surface area contributed by atoms with Crippen molar-refractivity contribution in [3.05, 3.63) is 47.0 Å². The number of amides is 1. The Morgan fingerprint density at radius 1 is 1.29 bits per heavy atom. The molecule has 1 saturated heterocycles. The molecule has 2 unspecified atom stereocenters.